The zero-order valence-electron chi connectivity index (χ0n) is 9.75. The van der Waals surface area contributed by atoms with Crippen LogP contribution in [0.5, 0.6) is 0 Å². The zero-order valence-corrected chi connectivity index (χ0v) is 9.75. The molecular weight excluding hydrogens is 202 g/mol. The van der Waals surface area contributed by atoms with E-state index in [1.54, 1.807) is 0 Å². The van der Waals surface area contributed by atoms with Crippen LogP contribution in [0.2, 0.25) is 0 Å². The third-order valence-electron chi connectivity index (χ3n) is 3.17. The molecule has 0 saturated heterocycles. The van der Waals surface area contributed by atoms with Gasteiger partial charge in [-0.15, -0.1) is 0 Å². The second kappa shape index (κ2) is 5.14. The maximum atomic E-state index is 10.8. The monoisotopic (exact) mass is 221 g/mol. The van der Waals surface area contributed by atoms with Crippen molar-refractivity contribution >= 4 is 11.7 Å². The molecule has 16 heavy (non-hydrogen) atoms. The molecule has 1 aliphatic carbocycles. The molecule has 1 saturated carbocycles. The van der Waals surface area contributed by atoms with Crippen molar-refractivity contribution in [2.45, 2.75) is 45.4 Å². The van der Waals surface area contributed by atoms with Gasteiger partial charge in [-0.1, -0.05) is 32.1 Å². The number of hydrogen-bond donors (Lipinski definition) is 2. The largest absolute Gasteiger partial charge is 0.309 e. The van der Waals surface area contributed by atoms with E-state index in [4.69, 9.17) is 0 Å². The summed E-state index contributed by atoms with van der Waals surface area (Å²) in [6, 6.07) is 1.94. The van der Waals surface area contributed by atoms with Gasteiger partial charge in [-0.2, -0.15) is 5.10 Å². The maximum absolute atomic E-state index is 10.8. The van der Waals surface area contributed by atoms with Gasteiger partial charge >= 0.3 is 0 Å². The van der Waals surface area contributed by atoms with E-state index < -0.39 is 0 Å². The van der Waals surface area contributed by atoms with Gasteiger partial charge in [0.25, 0.3) is 0 Å². The molecule has 1 fully saturated rings. The normalized spacial score (nSPS) is 17.3. The molecule has 4 nitrogen and oxygen atoms in total. The van der Waals surface area contributed by atoms with Crippen molar-refractivity contribution in [3.05, 3.63) is 11.8 Å². The Morgan fingerprint density at radius 1 is 1.50 bits per heavy atom. The Morgan fingerprint density at radius 3 is 2.94 bits per heavy atom. The zero-order chi connectivity index (χ0) is 11.4. The van der Waals surface area contributed by atoms with E-state index in [0.717, 1.165) is 18.0 Å². The van der Waals surface area contributed by atoms with Crippen molar-refractivity contribution in [3.8, 4) is 0 Å². The van der Waals surface area contributed by atoms with Crippen LogP contribution in [-0.4, -0.2) is 16.1 Å². The highest BCUT2D eigenvalue weighted by molar-refractivity contribution is 5.87. The number of nitrogens with one attached hydrogen (secondary N) is 2. The van der Waals surface area contributed by atoms with E-state index in [9.17, 15) is 4.79 Å². The smallest absolute Gasteiger partial charge is 0.222 e. The SMILES string of the molecule is CC(=O)Nc1cc(CC2CCCCC2)[nH]n1. The highest BCUT2D eigenvalue weighted by atomic mass is 16.1. The summed E-state index contributed by atoms with van der Waals surface area (Å²) in [5, 5.41) is 9.74. The standard InChI is InChI=1S/C12H19N3O/c1-9(16)13-12-8-11(14-15-12)7-10-5-3-2-4-6-10/h8,10H,2-7H2,1H3,(H2,13,14,15,16). The number of anilines is 1. The van der Waals surface area contributed by atoms with E-state index in [0.29, 0.717) is 5.82 Å². The van der Waals surface area contributed by atoms with Crippen LogP contribution in [0.1, 0.15) is 44.7 Å². The van der Waals surface area contributed by atoms with E-state index in [1.807, 2.05) is 6.07 Å². The van der Waals surface area contributed by atoms with E-state index in [-0.39, 0.29) is 5.91 Å². The summed E-state index contributed by atoms with van der Waals surface area (Å²) >= 11 is 0. The molecule has 1 aromatic rings. The molecule has 0 spiro atoms. The first kappa shape index (κ1) is 11.2. The molecule has 0 atom stereocenters. The van der Waals surface area contributed by atoms with Crippen LogP contribution in [0.4, 0.5) is 5.82 Å². The lowest BCUT2D eigenvalue weighted by molar-refractivity contribution is -0.114. The predicted octanol–water partition coefficient (Wildman–Crippen LogP) is 2.49. The molecule has 0 aromatic carbocycles. The quantitative estimate of drug-likeness (QED) is 0.823. The molecule has 1 aromatic heterocycles. The lowest BCUT2D eigenvalue weighted by atomic mass is 9.86. The Morgan fingerprint density at radius 2 is 2.25 bits per heavy atom. The van der Waals surface area contributed by atoms with Gasteiger partial charge in [0.1, 0.15) is 0 Å². The molecule has 0 aliphatic heterocycles. The van der Waals surface area contributed by atoms with Crippen molar-refractivity contribution in [1.82, 2.24) is 10.2 Å². The van der Waals surface area contributed by atoms with Gasteiger partial charge in [-0.05, 0) is 12.3 Å². The van der Waals surface area contributed by atoms with Crippen molar-refractivity contribution in [2.24, 2.45) is 5.92 Å². The van der Waals surface area contributed by atoms with Crippen LogP contribution in [0.3, 0.4) is 0 Å². The number of carbonyl (C=O) groups is 1. The second-order valence-electron chi connectivity index (χ2n) is 4.67. The topological polar surface area (TPSA) is 57.8 Å². The maximum Gasteiger partial charge on any atom is 0.222 e. The van der Waals surface area contributed by atoms with Crippen LogP contribution >= 0.6 is 0 Å². The van der Waals surface area contributed by atoms with E-state index >= 15 is 0 Å². The van der Waals surface area contributed by atoms with Gasteiger partial charge in [0.2, 0.25) is 5.91 Å². The molecule has 88 valence electrons. The number of nitrogens with zero attached hydrogens (tertiary/aromatic N) is 1. The van der Waals surface area contributed by atoms with Crippen LogP contribution in [-0.2, 0) is 11.2 Å². The number of amides is 1. The third kappa shape index (κ3) is 3.08. The summed E-state index contributed by atoms with van der Waals surface area (Å²) in [5.74, 6) is 1.36. The van der Waals surface area contributed by atoms with Gasteiger partial charge in [0, 0.05) is 18.7 Å². The summed E-state index contributed by atoms with van der Waals surface area (Å²) < 4.78 is 0. The first-order valence-electron chi connectivity index (χ1n) is 6.06. The van der Waals surface area contributed by atoms with Gasteiger partial charge in [-0.3, -0.25) is 9.89 Å². The Balaban J connectivity index is 1.88. The summed E-state index contributed by atoms with van der Waals surface area (Å²) in [6.07, 6.45) is 7.82. The number of aromatic nitrogens is 2. The molecule has 0 radical (unpaired) electrons. The minimum atomic E-state index is -0.0734. The van der Waals surface area contributed by atoms with Crippen LogP contribution < -0.4 is 5.32 Å². The average Bonchev–Trinajstić information content (AvgIpc) is 2.66. The van der Waals surface area contributed by atoms with Crippen molar-refractivity contribution in [3.63, 3.8) is 0 Å². The molecule has 4 heteroatoms. The van der Waals surface area contributed by atoms with Gasteiger partial charge < -0.3 is 5.32 Å². The van der Waals surface area contributed by atoms with Crippen LogP contribution in [0, 0.1) is 5.92 Å². The molecule has 0 bridgehead atoms. The first-order valence-corrected chi connectivity index (χ1v) is 6.06. The Labute approximate surface area is 95.8 Å². The summed E-state index contributed by atoms with van der Waals surface area (Å²) in [4.78, 5) is 10.8. The summed E-state index contributed by atoms with van der Waals surface area (Å²) in [6.45, 7) is 1.50. The summed E-state index contributed by atoms with van der Waals surface area (Å²) in [5.41, 5.74) is 1.13. The molecule has 1 amide bonds. The van der Waals surface area contributed by atoms with Crippen molar-refractivity contribution in [1.29, 1.82) is 0 Å². The minimum absolute atomic E-state index is 0.0734. The molecule has 1 heterocycles. The average molecular weight is 221 g/mol. The van der Waals surface area contributed by atoms with Crippen molar-refractivity contribution in [2.75, 3.05) is 5.32 Å². The van der Waals surface area contributed by atoms with Gasteiger partial charge in [0.15, 0.2) is 5.82 Å². The highest BCUT2D eigenvalue weighted by Crippen LogP contribution is 2.26. The first-order chi connectivity index (χ1) is 7.74. The number of H-pyrrole nitrogens is 1. The molecule has 0 unspecified atom stereocenters. The predicted molar refractivity (Wildman–Crippen MR) is 63.2 cm³/mol. The molecular formula is C12H19N3O. The molecule has 1 aliphatic rings. The fourth-order valence-corrected chi connectivity index (χ4v) is 2.41. The number of hydrogen-bond acceptors (Lipinski definition) is 2. The molecule has 2 rings (SSSR count). The third-order valence-corrected chi connectivity index (χ3v) is 3.17. The van der Waals surface area contributed by atoms with E-state index in [1.165, 1.54) is 39.0 Å². The lowest BCUT2D eigenvalue weighted by Crippen LogP contribution is -2.09. The van der Waals surface area contributed by atoms with Gasteiger partial charge in [-0.25, -0.2) is 0 Å². The Hall–Kier alpha value is -1.32. The fourth-order valence-electron chi connectivity index (χ4n) is 2.41. The summed E-state index contributed by atoms with van der Waals surface area (Å²) in [7, 11) is 0. The molecule has 2 N–H and O–H groups in total. The Kier molecular flexibility index (Phi) is 3.59. The van der Waals surface area contributed by atoms with Crippen molar-refractivity contribution < 1.29 is 4.79 Å². The highest BCUT2D eigenvalue weighted by Gasteiger charge is 2.15. The fraction of sp³-hybridized carbons (Fsp3) is 0.667. The number of rotatable bonds is 3. The van der Waals surface area contributed by atoms with Gasteiger partial charge in [0.05, 0.1) is 0 Å². The minimum Gasteiger partial charge on any atom is -0.309 e. The second-order valence-corrected chi connectivity index (χ2v) is 4.67. The van der Waals surface area contributed by atoms with Crippen LogP contribution in [0.15, 0.2) is 6.07 Å². The lowest BCUT2D eigenvalue weighted by Gasteiger charge is -2.20. The van der Waals surface area contributed by atoms with E-state index in [2.05, 4.69) is 15.5 Å². The van der Waals surface area contributed by atoms with Crippen LogP contribution in [0.25, 0.3) is 0 Å². The number of aromatic amines is 1. The number of carbonyl (C=O) groups excluding carboxylic acids is 1. The Bertz CT molecular complexity index is 353.